The van der Waals surface area contributed by atoms with Gasteiger partial charge in [0.15, 0.2) is 0 Å². The summed E-state index contributed by atoms with van der Waals surface area (Å²) in [6.45, 7) is 0.129. The molecule has 0 aliphatic carbocycles. The highest BCUT2D eigenvalue weighted by molar-refractivity contribution is 4.77. The van der Waals surface area contributed by atoms with Crippen LogP contribution in [0.4, 0.5) is 13.2 Å². The molecular weight excluding hydrogens is 159 g/mol. The normalized spacial score (nSPS) is 28.9. The number of hydrogen-bond donors (Lipinski definition) is 1. The van der Waals surface area contributed by atoms with Crippen molar-refractivity contribution in [1.82, 2.24) is 5.06 Å². The molecule has 1 atom stereocenters. The molecule has 0 aromatic rings. The first-order chi connectivity index (χ1) is 5.02. The predicted octanol–water partition coefficient (Wildman–Crippen LogP) is 1.79. The molecule has 0 radical (unpaired) electrons. The molecule has 1 aliphatic rings. The second-order valence-electron chi connectivity index (χ2n) is 2.72. The lowest BCUT2D eigenvalue weighted by atomic mass is 10.0. The Morgan fingerprint density at radius 2 is 1.91 bits per heavy atom. The third-order valence-electron chi connectivity index (χ3n) is 1.85. The van der Waals surface area contributed by atoms with Gasteiger partial charge in [-0.1, -0.05) is 6.42 Å². The third kappa shape index (κ3) is 2.07. The zero-order valence-electron chi connectivity index (χ0n) is 5.93. The highest BCUT2D eigenvalue weighted by atomic mass is 19.4. The van der Waals surface area contributed by atoms with E-state index in [1.165, 1.54) is 0 Å². The van der Waals surface area contributed by atoms with Gasteiger partial charge in [-0.2, -0.15) is 18.2 Å². The van der Waals surface area contributed by atoms with Crippen LogP contribution >= 0.6 is 0 Å². The largest absolute Gasteiger partial charge is 0.406 e. The summed E-state index contributed by atoms with van der Waals surface area (Å²) in [5.74, 6) is 0. The maximum Gasteiger partial charge on any atom is 0.406 e. The van der Waals surface area contributed by atoms with Crippen LogP contribution in [0, 0.1) is 0 Å². The van der Waals surface area contributed by atoms with Gasteiger partial charge in [-0.3, -0.25) is 0 Å². The van der Waals surface area contributed by atoms with E-state index in [0.29, 0.717) is 17.9 Å². The molecule has 1 unspecified atom stereocenters. The number of alkyl halides is 3. The van der Waals surface area contributed by atoms with Crippen LogP contribution < -0.4 is 0 Å². The lowest BCUT2D eigenvalue weighted by molar-refractivity contribution is -0.261. The summed E-state index contributed by atoms with van der Waals surface area (Å²) >= 11 is 0. The molecule has 66 valence electrons. The molecule has 2 nitrogen and oxygen atoms in total. The van der Waals surface area contributed by atoms with Crippen molar-refractivity contribution in [2.45, 2.75) is 31.5 Å². The third-order valence-corrected chi connectivity index (χ3v) is 1.85. The average Bonchev–Trinajstić information content (AvgIpc) is 1.86. The van der Waals surface area contributed by atoms with Crippen molar-refractivity contribution in [1.29, 1.82) is 0 Å². The zero-order valence-corrected chi connectivity index (χ0v) is 5.93. The second-order valence-corrected chi connectivity index (χ2v) is 2.72. The minimum absolute atomic E-state index is 0.0139. The fourth-order valence-electron chi connectivity index (χ4n) is 1.25. The first-order valence-electron chi connectivity index (χ1n) is 3.54. The minimum Gasteiger partial charge on any atom is -0.313 e. The van der Waals surface area contributed by atoms with Crippen LogP contribution in [0.1, 0.15) is 19.3 Å². The van der Waals surface area contributed by atoms with Crippen molar-refractivity contribution < 1.29 is 18.4 Å². The molecule has 0 saturated carbocycles. The highest BCUT2D eigenvalue weighted by Gasteiger charge is 2.44. The fraction of sp³-hybridized carbons (Fsp3) is 1.00. The number of piperidine rings is 1. The topological polar surface area (TPSA) is 23.5 Å². The van der Waals surface area contributed by atoms with Crippen LogP contribution in [0.5, 0.6) is 0 Å². The van der Waals surface area contributed by atoms with Crippen LogP contribution in [0.25, 0.3) is 0 Å². The monoisotopic (exact) mass is 169 g/mol. The van der Waals surface area contributed by atoms with Gasteiger partial charge in [0.1, 0.15) is 6.04 Å². The van der Waals surface area contributed by atoms with Gasteiger partial charge >= 0.3 is 6.18 Å². The second kappa shape index (κ2) is 2.98. The molecule has 1 N–H and O–H groups in total. The maximum absolute atomic E-state index is 12.0. The lowest BCUT2D eigenvalue weighted by Crippen LogP contribution is -2.46. The molecule has 0 aromatic heterocycles. The summed E-state index contributed by atoms with van der Waals surface area (Å²) in [5, 5.41) is 9.21. The van der Waals surface area contributed by atoms with Crippen molar-refractivity contribution in [3.8, 4) is 0 Å². The van der Waals surface area contributed by atoms with Crippen molar-refractivity contribution in [2.75, 3.05) is 6.54 Å². The van der Waals surface area contributed by atoms with Gasteiger partial charge in [-0.15, -0.1) is 0 Å². The molecule has 1 saturated heterocycles. The van der Waals surface area contributed by atoms with E-state index in [0.717, 1.165) is 0 Å². The van der Waals surface area contributed by atoms with E-state index in [4.69, 9.17) is 5.21 Å². The summed E-state index contributed by atoms with van der Waals surface area (Å²) in [7, 11) is 0. The van der Waals surface area contributed by atoms with Crippen LogP contribution in [-0.2, 0) is 0 Å². The van der Waals surface area contributed by atoms with Gasteiger partial charge in [0.25, 0.3) is 0 Å². The molecule has 0 bridgehead atoms. The van der Waals surface area contributed by atoms with Gasteiger partial charge in [-0.25, -0.2) is 0 Å². The van der Waals surface area contributed by atoms with E-state index in [1.54, 1.807) is 0 Å². The van der Waals surface area contributed by atoms with Crippen LogP contribution in [0.2, 0.25) is 0 Å². The van der Waals surface area contributed by atoms with E-state index in [2.05, 4.69) is 0 Å². The summed E-state index contributed by atoms with van der Waals surface area (Å²) in [6, 6.07) is -1.64. The Bertz CT molecular complexity index is 136. The minimum atomic E-state index is -4.28. The van der Waals surface area contributed by atoms with Gasteiger partial charge in [-0.05, 0) is 12.8 Å². The molecule has 11 heavy (non-hydrogen) atoms. The Hall–Kier alpha value is -0.290. The van der Waals surface area contributed by atoms with Crippen molar-refractivity contribution in [3.05, 3.63) is 0 Å². The number of nitrogens with zero attached hydrogens (tertiary/aromatic N) is 1. The Balaban J connectivity index is 2.55. The molecule has 1 aliphatic heterocycles. The Labute approximate surface area is 62.6 Å². The molecule has 1 fully saturated rings. The highest BCUT2D eigenvalue weighted by Crippen LogP contribution is 2.30. The molecule has 0 spiro atoms. The van der Waals surface area contributed by atoms with Gasteiger partial charge in [0.2, 0.25) is 0 Å². The molecular formula is C6H10F3NO. The van der Waals surface area contributed by atoms with E-state index < -0.39 is 12.2 Å². The van der Waals surface area contributed by atoms with Crippen molar-refractivity contribution >= 4 is 0 Å². The SMILES string of the molecule is ON1CCCCC1C(F)(F)F. The molecule has 5 heteroatoms. The van der Waals surface area contributed by atoms with E-state index in [9.17, 15) is 13.2 Å². The Kier molecular flexibility index (Phi) is 2.39. The van der Waals surface area contributed by atoms with E-state index >= 15 is 0 Å². The van der Waals surface area contributed by atoms with E-state index in [1.807, 2.05) is 0 Å². The van der Waals surface area contributed by atoms with Crippen molar-refractivity contribution in [3.63, 3.8) is 0 Å². The Morgan fingerprint density at radius 1 is 1.27 bits per heavy atom. The van der Waals surface area contributed by atoms with Gasteiger partial charge < -0.3 is 5.21 Å². The number of halogens is 3. The summed E-state index contributed by atoms with van der Waals surface area (Å²) in [6.07, 6.45) is -3.08. The predicted molar refractivity (Wildman–Crippen MR) is 32.2 cm³/mol. The standard InChI is InChI=1S/C6H10F3NO/c7-6(8,9)5-3-1-2-4-10(5)11/h5,11H,1-4H2. The fourth-order valence-corrected chi connectivity index (χ4v) is 1.25. The molecule has 1 rings (SSSR count). The summed E-state index contributed by atoms with van der Waals surface area (Å²) < 4.78 is 36.0. The van der Waals surface area contributed by atoms with Gasteiger partial charge in [0, 0.05) is 6.54 Å². The molecule has 0 amide bonds. The number of hydroxylamine groups is 2. The average molecular weight is 169 g/mol. The zero-order chi connectivity index (χ0) is 8.48. The van der Waals surface area contributed by atoms with Crippen LogP contribution in [0.15, 0.2) is 0 Å². The van der Waals surface area contributed by atoms with Crippen LogP contribution in [0.3, 0.4) is 0 Å². The van der Waals surface area contributed by atoms with Crippen LogP contribution in [-0.4, -0.2) is 29.0 Å². The van der Waals surface area contributed by atoms with Gasteiger partial charge in [0.05, 0.1) is 0 Å². The van der Waals surface area contributed by atoms with E-state index in [-0.39, 0.29) is 13.0 Å². The van der Waals surface area contributed by atoms with Crippen molar-refractivity contribution in [2.24, 2.45) is 0 Å². The quantitative estimate of drug-likeness (QED) is 0.597. The summed E-state index contributed by atoms with van der Waals surface area (Å²) in [5.41, 5.74) is 0. The Morgan fingerprint density at radius 3 is 2.27 bits per heavy atom. The lowest BCUT2D eigenvalue weighted by Gasteiger charge is -2.31. The molecule has 1 heterocycles. The smallest absolute Gasteiger partial charge is 0.313 e. The first kappa shape index (κ1) is 8.80. The first-order valence-corrected chi connectivity index (χ1v) is 3.54. The summed E-state index contributed by atoms with van der Waals surface area (Å²) in [4.78, 5) is 0. The number of hydrogen-bond acceptors (Lipinski definition) is 2. The molecule has 0 aromatic carbocycles. The maximum atomic E-state index is 12.0. The number of rotatable bonds is 0.